The summed E-state index contributed by atoms with van der Waals surface area (Å²) in [5.41, 5.74) is 5.46. The topological polar surface area (TPSA) is 38.5 Å². The van der Waals surface area contributed by atoms with Crippen molar-refractivity contribution >= 4 is 0 Å². The van der Waals surface area contributed by atoms with E-state index < -0.39 is 0 Å². The fraction of sp³-hybridized carbons (Fsp3) is 1.00. The van der Waals surface area contributed by atoms with Crippen LogP contribution >= 0.6 is 0 Å². The Kier molecular flexibility index (Phi) is 3.98. The molecule has 72 valence electrons. The van der Waals surface area contributed by atoms with Crippen molar-refractivity contribution in [3.05, 3.63) is 0 Å². The van der Waals surface area contributed by atoms with Gasteiger partial charge in [0.05, 0.1) is 12.2 Å². The molecular weight excluding hydrogens is 152 g/mol. The number of rotatable bonds is 3. The molecule has 1 heterocycles. The van der Waals surface area contributed by atoms with E-state index in [1.54, 1.807) is 0 Å². The van der Waals surface area contributed by atoms with Gasteiger partial charge in [-0.1, -0.05) is 0 Å². The summed E-state index contributed by atoms with van der Waals surface area (Å²) in [4.78, 5) is 2.44. The third-order valence-electron chi connectivity index (χ3n) is 2.17. The van der Waals surface area contributed by atoms with Crippen molar-refractivity contribution in [3.63, 3.8) is 0 Å². The van der Waals surface area contributed by atoms with Gasteiger partial charge in [0.15, 0.2) is 0 Å². The summed E-state index contributed by atoms with van der Waals surface area (Å²) in [5, 5.41) is 0. The van der Waals surface area contributed by atoms with Gasteiger partial charge in [0, 0.05) is 13.1 Å². The molecule has 2 atom stereocenters. The summed E-state index contributed by atoms with van der Waals surface area (Å²) in [6, 6.07) is 0. The second kappa shape index (κ2) is 4.80. The van der Waals surface area contributed by atoms with Crippen LogP contribution in [0.25, 0.3) is 0 Å². The van der Waals surface area contributed by atoms with Crippen LogP contribution in [0, 0.1) is 0 Å². The minimum Gasteiger partial charge on any atom is -0.373 e. The molecule has 2 N–H and O–H groups in total. The van der Waals surface area contributed by atoms with Crippen molar-refractivity contribution in [1.29, 1.82) is 0 Å². The molecule has 0 aromatic carbocycles. The van der Waals surface area contributed by atoms with E-state index in [1.165, 1.54) is 0 Å². The van der Waals surface area contributed by atoms with Crippen LogP contribution in [0.3, 0.4) is 0 Å². The fourth-order valence-corrected chi connectivity index (χ4v) is 1.78. The Morgan fingerprint density at radius 1 is 1.33 bits per heavy atom. The van der Waals surface area contributed by atoms with Gasteiger partial charge in [-0.2, -0.15) is 0 Å². The summed E-state index contributed by atoms with van der Waals surface area (Å²) in [6.45, 7) is 8.29. The van der Waals surface area contributed by atoms with E-state index >= 15 is 0 Å². The maximum atomic E-state index is 5.62. The van der Waals surface area contributed by atoms with E-state index in [4.69, 9.17) is 10.5 Å². The third kappa shape index (κ3) is 3.09. The number of nitrogens with zero attached hydrogens (tertiary/aromatic N) is 1. The molecule has 1 rings (SSSR count). The number of morpholine rings is 1. The number of nitrogens with two attached hydrogens (primary N) is 1. The molecule has 1 fully saturated rings. The van der Waals surface area contributed by atoms with E-state index in [0.29, 0.717) is 12.2 Å². The Bertz CT molecular complexity index is 120. The Morgan fingerprint density at radius 2 is 1.92 bits per heavy atom. The Labute approximate surface area is 74.9 Å². The summed E-state index contributed by atoms with van der Waals surface area (Å²) < 4.78 is 5.62. The van der Waals surface area contributed by atoms with Crippen molar-refractivity contribution in [2.75, 3.05) is 26.2 Å². The molecule has 12 heavy (non-hydrogen) atoms. The largest absolute Gasteiger partial charge is 0.373 e. The average Bonchev–Trinajstić information content (AvgIpc) is 1.99. The van der Waals surface area contributed by atoms with Crippen LogP contribution in [0.4, 0.5) is 0 Å². The number of hydrogen-bond donors (Lipinski definition) is 1. The molecule has 1 aliphatic heterocycles. The van der Waals surface area contributed by atoms with Crippen LogP contribution in [-0.4, -0.2) is 43.3 Å². The molecule has 1 saturated heterocycles. The molecule has 3 nitrogen and oxygen atoms in total. The van der Waals surface area contributed by atoms with Gasteiger partial charge in [-0.05, 0) is 33.4 Å². The van der Waals surface area contributed by atoms with E-state index in [0.717, 1.165) is 32.6 Å². The van der Waals surface area contributed by atoms with Gasteiger partial charge >= 0.3 is 0 Å². The van der Waals surface area contributed by atoms with Crippen LogP contribution in [0.1, 0.15) is 20.3 Å². The molecule has 0 bridgehead atoms. The van der Waals surface area contributed by atoms with Gasteiger partial charge in [0.25, 0.3) is 0 Å². The van der Waals surface area contributed by atoms with Gasteiger partial charge in [0.2, 0.25) is 0 Å². The van der Waals surface area contributed by atoms with Crippen molar-refractivity contribution in [1.82, 2.24) is 4.90 Å². The predicted octanol–water partition coefficient (Wildman–Crippen LogP) is 0.444. The monoisotopic (exact) mass is 172 g/mol. The zero-order valence-electron chi connectivity index (χ0n) is 8.12. The first-order valence-electron chi connectivity index (χ1n) is 4.80. The highest BCUT2D eigenvalue weighted by Crippen LogP contribution is 2.10. The van der Waals surface area contributed by atoms with Gasteiger partial charge in [0.1, 0.15) is 0 Å². The third-order valence-corrected chi connectivity index (χ3v) is 2.17. The summed E-state index contributed by atoms with van der Waals surface area (Å²) >= 11 is 0. The van der Waals surface area contributed by atoms with Gasteiger partial charge in [-0.25, -0.2) is 0 Å². The van der Waals surface area contributed by atoms with Gasteiger partial charge < -0.3 is 10.5 Å². The lowest BCUT2D eigenvalue weighted by atomic mass is 10.2. The minimum atomic E-state index is 0.381. The van der Waals surface area contributed by atoms with Crippen molar-refractivity contribution in [2.24, 2.45) is 5.73 Å². The summed E-state index contributed by atoms with van der Waals surface area (Å²) in [5.74, 6) is 0. The van der Waals surface area contributed by atoms with Gasteiger partial charge in [-0.3, -0.25) is 4.90 Å². The predicted molar refractivity (Wildman–Crippen MR) is 50.1 cm³/mol. The van der Waals surface area contributed by atoms with E-state index in [9.17, 15) is 0 Å². The standard InChI is InChI=1S/C9H20N2O/c1-8-6-11(5-3-4-10)7-9(2)12-8/h8-9H,3-7,10H2,1-2H3/t8-,9-/m0/s1. The van der Waals surface area contributed by atoms with Crippen LogP contribution in [0.5, 0.6) is 0 Å². The minimum absolute atomic E-state index is 0.381. The summed E-state index contributed by atoms with van der Waals surface area (Å²) in [7, 11) is 0. The first-order chi connectivity index (χ1) is 5.72. The lowest BCUT2D eigenvalue weighted by molar-refractivity contribution is -0.0679. The zero-order chi connectivity index (χ0) is 8.97. The van der Waals surface area contributed by atoms with Crippen LogP contribution in [0.15, 0.2) is 0 Å². The fourth-order valence-electron chi connectivity index (χ4n) is 1.78. The summed E-state index contributed by atoms with van der Waals surface area (Å²) in [6.07, 6.45) is 1.86. The SMILES string of the molecule is C[C@H]1CN(CCCN)C[C@H](C)O1. The second-order valence-corrected chi connectivity index (χ2v) is 3.66. The average molecular weight is 172 g/mol. The lowest BCUT2D eigenvalue weighted by Crippen LogP contribution is -2.45. The molecule has 0 radical (unpaired) electrons. The first kappa shape index (κ1) is 9.96. The number of hydrogen-bond acceptors (Lipinski definition) is 3. The molecule has 3 heteroatoms. The molecule has 0 aromatic heterocycles. The normalized spacial score (nSPS) is 32.2. The van der Waals surface area contributed by atoms with Gasteiger partial charge in [-0.15, -0.1) is 0 Å². The lowest BCUT2D eigenvalue weighted by Gasteiger charge is -2.35. The van der Waals surface area contributed by atoms with Crippen molar-refractivity contribution < 1.29 is 4.74 Å². The zero-order valence-corrected chi connectivity index (χ0v) is 8.12. The van der Waals surface area contributed by atoms with Crippen LogP contribution in [0.2, 0.25) is 0 Å². The molecule has 0 spiro atoms. The first-order valence-corrected chi connectivity index (χ1v) is 4.80. The second-order valence-electron chi connectivity index (χ2n) is 3.66. The molecule has 0 saturated carbocycles. The Morgan fingerprint density at radius 3 is 2.42 bits per heavy atom. The van der Waals surface area contributed by atoms with E-state index in [2.05, 4.69) is 18.7 Å². The van der Waals surface area contributed by atoms with E-state index in [1.807, 2.05) is 0 Å². The maximum Gasteiger partial charge on any atom is 0.0678 e. The molecule has 0 unspecified atom stereocenters. The highest BCUT2D eigenvalue weighted by molar-refractivity contribution is 4.72. The maximum absolute atomic E-state index is 5.62. The van der Waals surface area contributed by atoms with Crippen molar-refractivity contribution in [2.45, 2.75) is 32.5 Å². The number of ether oxygens (including phenoxy) is 1. The van der Waals surface area contributed by atoms with E-state index in [-0.39, 0.29) is 0 Å². The molecule has 0 aliphatic carbocycles. The van der Waals surface area contributed by atoms with Crippen molar-refractivity contribution in [3.8, 4) is 0 Å². The van der Waals surface area contributed by atoms with Crippen LogP contribution < -0.4 is 5.73 Å². The molecule has 0 amide bonds. The quantitative estimate of drug-likeness (QED) is 0.671. The Hall–Kier alpha value is -0.120. The smallest absolute Gasteiger partial charge is 0.0678 e. The highest BCUT2D eigenvalue weighted by atomic mass is 16.5. The molecular formula is C9H20N2O. The molecule has 0 aromatic rings. The Balaban J connectivity index is 2.24. The molecule has 1 aliphatic rings. The highest BCUT2D eigenvalue weighted by Gasteiger charge is 2.20. The van der Waals surface area contributed by atoms with Crippen LogP contribution in [-0.2, 0) is 4.74 Å².